The topological polar surface area (TPSA) is 60.2 Å². The van der Waals surface area contributed by atoms with Gasteiger partial charge in [-0.1, -0.05) is 5.16 Å². The highest BCUT2D eigenvalue weighted by Gasteiger charge is 2.38. The minimum atomic E-state index is -4.76. The Labute approximate surface area is 122 Å². The molecule has 1 aliphatic heterocycles. The van der Waals surface area contributed by atoms with E-state index in [9.17, 15) is 17.6 Å². The summed E-state index contributed by atoms with van der Waals surface area (Å²) in [7, 11) is 0. The molecule has 2 heterocycles. The van der Waals surface area contributed by atoms with Crippen molar-refractivity contribution in [2.75, 3.05) is 13.1 Å². The Morgan fingerprint density at radius 2 is 2.14 bits per heavy atom. The van der Waals surface area contributed by atoms with E-state index in [0.717, 1.165) is 19.0 Å². The summed E-state index contributed by atoms with van der Waals surface area (Å²) in [6.45, 7) is 1.50. The molecule has 0 saturated carbocycles. The van der Waals surface area contributed by atoms with Crippen LogP contribution in [0.15, 0.2) is 22.7 Å². The van der Waals surface area contributed by atoms with Gasteiger partial charge in [-0.25, -0.2) is 4.39 Å². The van der Waals surface area contributed by atoms with Crippen LogP contribution >= 0.6 is 0 Å². The molecule has 118 valence electrons. The number of aromatic nitrogens is 2. The summed E-state index contributed by atoms with van der Waals surface area (Å²) in [6, 6.07) is 3.82. The molecule has 0 aliphatic carbocycles. The van der Waals surface area contributed by atoms with Gasteiger partial charge in [-0.2, -0.15) is 18.2 Å². The molecule has 0 spiro atoms. The first-order valence-electron chi connectivity index (χ1n) is 6.51. The summed E-state index contributed by atoms with van der Waals surface area (Å²) < 4.78 is 60.8. The smallest absolute Gasteiger partial charge is 0.471 e. The Morgan fingerprint density at radius 3 is 2.73 bits per heavy atom. The van der Waals surface area contributed by atoms with Gasteiger partial charge in [0.05, 0.1) is 5.56 Å². The van der Waals surface area contributed by atoms with E-state index >= 15 is 0 Å². The van der Waals surface area contributed by atoms with Gasteiger partial charge in [0.2, 0.25) is 5.82 Å². The van der Waals surface area contributed by atoms with Gasteiger partial charge in [-0.05, 0) is 25.1 Å². The van der Waals surface area contributed by atoms with Crippen LogP contribution in [0.25, 0.3) is 11.4 Å². The van der Waals surface area contributed by atoms with Crippen LogP contribution in [-0.2, 0) is 6.18 Å². The molecule has 1 aromatic heterocycles. The summed E-state index contributed by atoms with van der Waals surface area (Å²) in [4.78, 5) is 3.15. The van der Waals surface area contributed by atoms with Crippen molar-refractivity contribution in [3.63, 3.8) is 0 Å². The molecule has 0 amide bonds. The van der Waals surface area contributed by atoms with Crippen molar-refractivity contribution in [1.82, 2.24) is 15.5 Å². The second-order valence-electron chi connectivity index (χ2n) is 4.80. The largest absolute Gasteiger partial charge is 0.489 e. The molecule has 0 radical (unpaired) electrons. The summed E-state index contributed by atoms with van der Waals surface area (Å²) in [5.41, 5.74) is -0.184. The Morgan fingerprint density at radius 1 is 1.32 bits per heavy atom. The zero-order valence-corrected chi connectivity index (χ0v) is 11.2. The molecule has 1 aromatic carbocycles. The molecule has 9 heteroatoms. The van der Waals surface area contributed by atoms with Gasteiger partial charge in [0.25, 0.3) is 0 Å². The predicted octanol–water partition coefficient (Wildman–Crippen LogP) is 2.64. The highest BCUT2D eigenvalue weighted by Crippen LogP contribution is 2.31. The van der Waals surface area contributed by atoms with Crippen LogP contribution in [0.5, 0.6) is 5.75 Å². The minimum Gasteiger partial charge on any atom is -0.489 e. The van der Waals surface area contributed by atoms with Gasteiger partial charge in [-0.3, -0.25) is 0 Å². The molecule has 2 aromatic rings. The molecule has 5 nitrogen and oxygen atoms in total. The summed E-state index contributed by atoms with van der Waals surface area (Å²) in [5, 5.41) is 6.25. The lowest BCUT2D eigenvalue weighted by atomic mass is 10.2. The van der Waals surface area contributed by atoms with E-state index in [-0.39, 0.29) is 11.7 Å². The van der Waals surface area contributed by atoms with Crippen molar-refractivity contribution in [2.24, 2.45) is 0 Å². The molecule has 22 heavy (non-hydrogen) atoms. The second kappa shape index (κ2) is 5.56. The van der Waals surface area contributed by atoms with Crippen LogP contribution in [0.4, 0.5) is 17.6 Å². The second-order valence-corrected chi connectivity index (χ2v) is 4.80. The molecular weight excluding hydrogens is 306 g/mol. The highest BCUT2D eigenvalue weighted by molar-refractivity contribution is 5.56. The lowest BCUT2D eigenvalue weighted by Crippen LogP contribution is -2.19. The number of benzene rings is 1. The predicted molar refractivity (Wildman–Crippen MR) is 66.6 cm³/mol. The maximum atomic E-state index is 14.0. The normalized spacial score (nSPS) is 18.6. The summed E-state index contributed by atoms with van der Waals surface area (Å²) >= 11 is 0. The van der Waals surface area contributed by atoms with Crippen LogP contribution in [0.1, 0.15) is 12.3 Å². The zero-order valence-electron chi connectivity index (χ0n) is 11.2. The Hall–Kier alpha value is -2.16. The maximum Gasteiger partial charge on any atom is 0.471 e. The van der Waals surface area contributed by atoms with Crippen molar-refractivity contribution in [3.05, 3.63) is 29.9 Å². The molecule has 1 aliphatic rings. The number of nitrogens with one attached hydrogen (secondary N) is 1. The van der Waals surface area contributed by atoms with Gasteiger partial charge in [-0.15, -0.1) is 0 Å². The number of ether oxygens (including phenoxy) is 1. The van der Waals surface area contributed by atoms with Crippen molar-refractivity contribution >= 4 is 0 Å². The summed E-state index contributed by atoms with van der Waals surface area (Å²) in [5.74, 6) is -2.45. The molecule has 3 rings (SSSR count). The van der Waals surface area contributed by atoms with E-state index in [1.165, 1.54) is 12.1 Å². The van der Waals surface area contributed by atoms with Crippen LogP contribution < -0.4 is 10.1 Å². The molecule has 1 fully saturated rings. The number of hydrogen-bond donors (Lipinski definition) is 1. The Kier molecular flexibility index (Phi) is 3.73. The van der Waals surface area contributed by atoms with Crippen molar-refractivity contribution in [2.45, 2.75) is 18.7 Å². The first kappa shape index (κ1) is 14.8. The lowest BCUT2D eigenvalue weighted by Gasteiger charge is -2.12. The quantitative estimate of drug-likeness (QED) is 0.882. The minimum absolute atomic E-state index is 0.0488. The monoisotopic (exact) mass is 317 g/mol. The standard InChI is InChI=1S/C13H11F4N3O2/c14-10-5-7(21-8-3-4-18-6-8)1-2-9(10)11-19-12(22-20-11)13(15,16)17/h1-2,5,8,18H,3-4,6H2. The van der Waals surface area contributed by atoms with E-state index in [2.05, 4.69) is 20.0 Å². The fraction of sp³-hybridized carbons (Fsp3) is 0.385. The van der Waals surface area contributed by atoms with E-state index in [1.807, 2.05) is 0 Å². The highest BCUT2D eigenvalue weighted by atomic mass is 19.4. The number of rotatable bonds is 3. The van der Waals surface area contributed by atoms with E-state index in [0.29, 0.717) is 12.3 Å². The van der Waals surface area contributed by atoms with Crippen LogP contribution in [0, 0.1) is 5.82 Å². The molecule has 1 atom stereocenters. The van der Waals surface area contributed by atoms with Gasteiger partial charge in [0.1, 0.15) is 17.7 Å². The van der Waals surface area contributed by atoms with Gasteiger partial charge < -0.3 is 14.6 Å². The molecule has 1 unspecified atom stereocenters. The number of nitrogens with zero attached hydrogens (tertiary/aromatic N) is 2. The third-order valence-corrected chi connectivity index (χ3v) is 3.17. The number of halogens is 4. The van der Waals surface area contributed by atoms with Crippen LogP contribution in [-0.4, -0.2) is 29.3 Å². The Bertz CT molecular complexity index is 666. The third-order valence-electron chi connectivity index (χ3n) is 3.17. The van der Waals surface area contributed by atoms with Crippen molar-refractivity contribution < 1.29 is 26.8 Å². The first-order chi connectivity index (χ1) is 10.4. The number of hydrogen-bond acceptors (Lipinski definition) is 5. The SMILES string of the molecule is Fc1cc(OC2CCNC2)ccc1-c1noc(C(F)(F)F)n1. The van der Waals surface area contributed by atoms with Gasteiger partial charge >= 0.3 is 12.1 Å². The Balaban J connectivity index is 1.81. The first-order valence-corrected chi connectivity index (χ1v) is 6.51. The number of alkyl halides is 3. The fourth-order valence-corrected chi connectivity index (χ4v) is 2.12. The van der Waals surface area contributed by atoms with Gasteiger partial charge in [0, 0.05) is 12.6 Å². The molecule has 0 bridgehead atoms. The zero-order chi connectivity index (χ0) is 15.7. The van der Waals surface area contributed by atoms with Crippen molar-refractivity contribution in [3.8, 4) is 17.1 Å². The van der Waals surface area contributed by atoms with Crippen molar-refractivity contribution in [1.29, 1.82) is 0 Å². The van der Waals surface area contributed by atoms with E-state index < -0.39 is 23.7 Å². The third kappa shape index (κ3) is 3.03. The average Bonchev–Trinajstić information content (AvgIpc) is 3.08. The summed E-state index contributed by atoms with van der Waals surface area (Å²) in [6.07, 6.45) is -4.00. The maximum absolute atomic E-state index is 14.0. The fourth-order valence-electron chi connectivity index (χ4n) is 2.12. The molecule has 1 N–H and O–H groups in total. The van der Waals surface area contributed by atoms with Crippen LogP contribution in [0.3, 0.4) is 0 Å². The average molecular weight is 317 g/mol. The van der Waals surface area contributed by atoms with Crippen LogP contribution in [0.2, 0.25) is 0 Å². The van der Waals surface area contributed by atoms with Gasteiger partial charge in [0.15, 0.2) is 0 Å². The molecule has 1 saturated heterocycles. The molecular formula is C13H11F4N3O2. The van der Waals surface area contributed by atoms with E-state index in [4.69, 9.17) is 4.74 Å². The lowest BCUT2D eigenvalue weighted by molar-refractivity contribution is -0.159. The van der Waals surface area contributed by atoms with E-state index in [1.54, 1.807) is 0 Å².